The third-order valence-electron chi connectivity index (χ3n) is 5.53. The van der Waals surface area contributed by atoms with Gasteiger partial charge in [-0.15, -0.1) is 0 Å². The first-order valence-electron chi connectivity index (χ1n) is 10.2. The molecule has 0 spiro atoms. The largest absolute Gasteiger partial charge is 0.355 e. The second kappa shape index (κ2) is 7.52. The molecule has 0 atom stereocenters. The van der Waals surface area contributed by atoms with Crippen LogP contribution in [-0.4, -0.2) is 19.9 Å². The van der Waals surface area contributed by atoms with Crippen LogP contribution in [0.1, 0.15) is 22.8 Å². The van der Waals surface area contributed by atoms with Crippen LogP contribution in [0, 0.1) is 0 Å². The van der Waals surface area contributed by atoms with Gasteiger partial charge in [-0.1, -0.05) is 29.3 Å². The van der Waals surface area contributed by atoms with Gasteiger partial charge in [0.15, 0.2) is 0 Å². The molecule has 5 heterocycles. The van der Waals surface area contributed by atoms with Crippen molar-refractivity contribution in [1.29, 1.82) is 0 Å². The average Bonchev–Trinajstić information content (AvgIpc) is 3.54. The normalized spacial score (nSPS) is 12.4. The Hall–Kier alpha value is -3.60. The summed E-state index contributed by atoms with van der Waals surface area (Å²) in [5, 5.41) is 5.16. The van der Waals surface area contributed by atoms with E-state index in [4.69, 9.17) is 23.2 Å². The minimum Gasteiger partial charge on any atom is -0.355 e. The van der Waals surface area contributed by atoms with Crippen molar-refractivity contribution in [3.63, 3.8) is 0 Å². The zero-order valence-corrected chi connectivity index (χ0v) is 18.4. The number of fused-ring (bicyclic) bond motifs is 8. The van der Waals surface area contributed by atoms with E-state index < -0.39 is 0 Å². The summed E-state index contributed by atoms with van der Waals surface area (Å²) in [6.07, 6.45) is 8.32. The van der Waals surface area contributed by atoms with E-state index in [1.165, 1.54) is 0 Å². The van der Waals surface area contributed by atoms with Gasteiger partial charge in [-0.25, -0.2) is 0 Å². The third-order valence-corrected chi connectivity index (χ3v) is 6.16. The summed E-state index contributed by atoms with van der Waals surface area (Å²) in [6.45, 7) is 0. The quantitative estimate of drug-likeness (QED) is 0.292. The fraction of sp³-hybridized carbons (Fsp3) is 0. The highest BCUT2D eigenvalue weighted by molar-refractivity contribution is 6.39. The van der Waals surface area contributed by atoms with Gasteiger partial charge in [0.05, 0.1) is 0 Å². The lowest BCUT2D eigenvalue weighted by atomic mass is 10.1. The number of halogens is 2. The molecule has 6 rings (SSSR count). The number of rotatable bonds is 1. The molecule has 4 aromatic heterocycles. The molecule has 0 radical (unpaired) electrons. The van der Waals surface area contributed by atoms with Gasteiger partial charge in [0.2, 0.25) is 0 Å². The molecule has 1 aliphatic rings. The van der Waals surface area contributed by atoms with Crippen LogP contribution in [0.2, 0.25) is 10.0 Å². The summed E-state index contributed by atoms with van der Waals surface area (Å²) in [7, 11) is 0. The maximum absolute atomic E-state index is 6.56. The number of nitrogens with one attached hydrogen (secondary N) is 4. The van der Waals surface area contributed by atoms with Crippen molar-refractivity contribution in [2.75, 3.05) is 0 Å². The van der Waals surface area contributed by atoms with Crippen LogP contribution in [0.25, 0.3) is 35.4 Å². The van der Waals surface area contributed by atoms with Gasteiger partial charge in [0, 0.05) is 65.3 Å². The second-order valence-corrected chi connectivity index (χ2v) is 8.65. The van der Waals surface area contributed by atoms with Crippen molar-refractivity contribution >= 4 is 47.5 Å². The minimum atomic E-state index is 0.614. The maximum atomic E-state index is 6.56. The topological polar surface area (TPSA) is 63.2 Å². The molecule has 0 fully saturated rings. The minimum absolute atomic E-state index is 0.614. The van der Waals surface area contributed by atoms with Crippen molar-refractivity contribution in [3.8, 4) is 11.1 Å². The summed E-state index contributed by atoms with van der Waals surface area (Å²) >= 11 is 13.1. The van der Waals surface area contributed by atoms with Gasteiger partial charge in [-0.2, -0.15) is 0 Å². The van der Waals surface area contributed by atoms with Crippen LogP contribution in [-0.2, 0) is 0 Å². The summed E-state index contributed by atoms with van der Waals surface area (Å²) in [4.78, 5) is 13.9. The smallest absolute Gasteiger partial charge is 0.0500 e. The zero-order chi connectivity index (χ0) is 21.7. The van der Waals surface area contributed by atoms with E-state index in [0.29, 0.717) is 10.0 Å². The van der Waals surface area contributed by atoms with Gasteiger partial charge >= 0.3 is 0 Å². The molecule has 0 saturated heterocycles. The van der Waals surface area contributed by atoms with Crippen LogP contribution in [0.4, 0.5) is 0 Å². The number of benzene rings is 1. The zero-order valence-electron chi connectivity index (χ0n) is 16.8. The Morgan fingerprint density at radius 3 is 1.62 bits per heavy atom. The lowest BCUT2D eigenvalue weighted by molar-refractivity contribution is 1.23. The molecule has 5 aromatic rings. The summed E-state index contributed by atoms with van der Waals surface area (Å²) < 4.78 is 0. The molecular weight excluding hydrogens is 439 g/mol. The third kappa shape index (κ3) is 3.54. The van der Waals surface area contributed by atoms with E-state index in [2.05, 4.69) is 86.7 Å². The van der Waals surface area contributed by atoms with E-state index >= 15 is 0 Å². The molecule has 32 heavy (non-hydrogen) atoms. The van der Waals surface area contributed by atoms with Crippen LogP contribution in [0.15, 0.2) is 60.7 Å². The van der Waals surface area contributed by atoms with Gasteiger partial charge in [-0.05, 0) is 78.9 Å². The van der Waals surface area contributed by atoms with E-state index in [9.17, 15) is 0 Å². The summed E-state index contributed by atoms with van der Waals surface area (Å²) in [5.74, 6) is 0. The molecule has 4 nitrogen and oxygen atoms in total. The first-order valence-corrected chi connectivity index (χ1v) is 11.0. The van der Waals surface area contributed by atoms with Crippen LogP contribution >= 0.6 is 23.2 Å². The maximum Gasteiger partial charge on any atom is 0.0500 e. The fourth-order valence-corrected chi connectivity index (χ4v) is 4.70. The highest BCUT2D eigenvalue weighted by atomic mass is 35.5. The van der Waals surface area contributed by atoms with Crippen molar-refractivity contribution < 1.29 is 0 Å². The molecule has 1 aliphatic heterocycles. The van der Waals surface area contributed by atoms with Gasteiger partial charge < -0.3 is 19.9 Å². The molecule has 1 aromatic carbocycles. The first-order chi connectivity index (χ1) is 15.6. The Morgan fingerprint density at radius 1 is 0.500 bits per heavy atom. The van der Waals surface area contributed by atoms with Crippen molar-refractivity contribution in [3.05, 3.63) is 115 Å². The molecule has 156 valence electrons. The fourth-order valence-electron chi connectivity index (χ4n) is 4.10. The summed E-state index contributed by atoms with van der Waals surface area (Å²) in [6, 6.07) is 20.0. The predicted molar refractivity (Wildman–Crippen MR) is 131 cm³/mol. The number of hydrogen-bond acceptors (Lipinski definition) is 0. The Kier molecular flexibility index (Phi) is 4.49. The predicted octanol–water partition coefficient (Wildman–Crippen LogP) is 3.60. The lowest BCUT2D eigenvalue weighted by Gasteiger charge is -2.04. The van der Waals surface area contributed by atoms with Gasteiger partial charge in [0.1, 0.15) is 0 Å². The van der Waals surface area contributed by atoms with Crippen molar-refractivity contribution in [2.45, 2.75) is 0 Å². The molecule has 6 heteroatoms. The average molecular weight is 457 g/mol. The Labute approximate surface area is 193 Å². The number of H-pyrrole nitrogens is 4. The standard InChI is InChI=1S/C26H18Cl2N4/c27-23-2-1-3-24(28)26(23)22-13-21-12-19-7-6-17(30-19)10-15-4-5-16(29-15)11-18-8-9-20(31-18)14-25(22)32-21/h1-14,29-32H. The monoisotopic (exact) mass is 456 g/mol. The molecule has 8 bridgehead atoms. The number of hydrogen-bond donors (Lipinski definition) is 4. The van der Waals surface area contributed by atoms with E-state index in [0.717, 1.165) is 55.3 Å². The molecule has 4 N–H and O–H groups in total. The number of aromatic nitrogens is 4. The Balaban J connectivity index is 1.66. The van der Waals surface area contributed by atoms with E-state index in [1.807, 2.05) is 18.2 Å². The highest BCUT2D eigenvalue weighted by Gasteiger charge is 2.12. The summed E-state index contributed by atoms with van der Waals surface area (Å²) in [5.41, 5.74) is 5.76. The van der Waals surface area contributed by atoms with Crippen LogP contribution in [0.5, 0.6) is 0 Å². The van der Waals surface area contributed by atoms with Crippen molar-refractivity contribution in [2.24, 2.45) is 0 Å². The molecular formula is C26H18Cl2N4. The van der Waals surface area contributed by atoms with Crippen LogP contribution < -0.4 is 21.4 Å². The van der Waals surface area contributed by atoms with E-state index in [-0.39, 0.29) is 0 Å². The van der Waals surface area contributed by atoms with E-state index in [1.54, 1.807) is 0 Å². The second-order valence-electron chi connectivity index (χ2n) is 7.83. The van der Waals surface area contributed by atoms with Crippen LogP contribution in [0.3, 0.4) is 0 Å². The molecule has 0 saturated carbocycles. The molecule has 0 unspecified atom stereocenters. The van der Waals surface area contributed by atoms with Crippen molar-refractivity contribution in [1.82, 2.24) is 19.9 Å². The Morgan fingerprint density at radius 2 is 1.03 bits per heavy atom. The Bertz CT molecular complexity index is 1690. The molecule has 0 amide bonds. The lowest BCUT2D eigenvalue weighted by Crippen LogP contribution is -2.11. The van der Waals surface area contributed by atoms with Gasteiger partial charge in [-0.3, -0.25) is 0 Å². The highest BCUT2D eigenvalue weighted by Crippen LogP contribution is 2.32. The molecule has 0 aliphatic carbocycles. The number of aromatic amines is 4. The van der Waals surface area contributed by atoms with Gasteiger partial charge in [0.25, 0.3) is 0 Å². The first kappa shape index (κ1) is 19.1. The SMILES string of the molecule is Clc1cccc(Cl)c1-c1cc2[nH]c1=Cc1ccc([nH]1)C=c1ccc([nH]1)=Cc1ccc([nH]1)C=2.